The fourth-order valence-corrected chi connectivity index (χ4v) is 15.7. The molecule has 5 unspecified atom stereocenters. The zero-order valence-corrected chi connectivity index (χ0v) is 47.2. The standard InChI is InChI=1S/C63H78N10O5S/c1-37-54(79-36-67-37)42-21-23-46(24-22-42)62(26-27-62)69-58(77)52-30-49(74)35-72(52)59(78)55(61(2,3)4)68-57(76)43-19-17-41(18-20-43)39-8-7-9-40(16-15-39)45-33-65-60(66-34-45)63-31-47-25-13-38(28-48(32-63)73(47)63)12-14-44-29-51(70-71-56(44)64)50-10-5-6-11-53(50)75/h5-6,8,10-11,21-24,29,33-34,36,38,40-41,43,47-49,52,55,74-75H,7,9,12-20,25-28,30-32,35H2,1-4H3,(H2,64,71)(H,68,76)(H,69,77)/t38?,40?,41-,43+,47?,48?,49-,52+,55-,63?/m1/s1. The third-order valence-corrected chi connectivity index (χ3v) is 20.5. The van der Waals surface area contributed by atoms with Crippen molar-refractivity contribution in [3.8, 4) is 27.4 Å². The predicted molar refractivity (Wildman–Crippen MR) is 305 cm³/mol. The molecule has 8 atom stereocenters. The molecule has 12 rings (SSSR count). The Morgan fingerprint density at radius 3 is 2.35 bits per heavy atom. The van der Waals surface area contributed by atoms with Gasteiger partial charge in [0.15, 0.2) is 0 Å². The van der Waals surface area contributed by atoms with Crippen LogP contribution in [0.5, 0.6) is 5.75 Å². The van der Waals surface area contributed by atoms with Crippen LogP contribution in [0, 0.1) is 30.1 Å². The summed E-state index contributed by atoms with van der Waals surface area (Å²) < 4.78 is 0. The van der Waals surface area contributed by atoms with Gasteiger partial charge in [-0.05, 0) is 180 Å². The molecule has 7 aliphatic rings. The number of piperidine rings is 1. The SMILES string of the molecule is Cc1ncsc1-c1ccc(C2(NC(=O)[C@@H]3C[C@@H](O)CN3C(=O)[C@@H](NC(=O)[C@H]3CC[C@@H](C4=CCCC(c5cnc(C67CC8CCC(CCc9cc(-c%10ccccc%10O)nnc9N)CC(C6)N87)nc5)CC4)CC3)C(C)(C)C)CC2)cc1. The van der Waals surface area contributed by atoms with Crippen molar-refractivity contribution in [2.24, 2.45) is 23.2 Å². The summed E-state index contributed by atoms with van der Waals surface area (Å²) in [5, 5.41) is 36.3. The molecule has 7 heterocycles. The molecule has 2 saturated carbocycles. The van der Waals surface area contributed by atoms with Crippen molar-refractivity contribution in [1.29, 1.82) is 0 Å². The third kappa shape index (κ3) is 10.5. The second-order valence-electron chi connectivity index (χ2n) is 25.6. The van der Waals surface area contributed by atoms with Crippen LogP contribution in [0.1, 0.15) is 164 Å². The predicted octanol–water partition coefficient (Wildman–Crippen LogP) is 9.82. The quantitative estimate of drug-likeness (QED) is 0.0658. The van der Waals surface area contributed by atoms with Crippen LogP contribution >= 0.6 is 11.3 Å². The maximum Gasteiger partial charge on any atom is 0.246 e. The van der Waals surface area contributed by atoms with E-state index in [0.29, 0.717) is 46.9 Å². The second kappa shape index (κ2) is 21.4. The number of allylic oxidation sites excluding steroid dienone is 2. The number of hydrogen-bond acceptors (Lipinski definition) is 13. The van der Waals surface area contributed by atoms with E-state index >= 15 is 0 Å². The minimum Gasteiger partial charge on any atom is -0.507 e. The highest BCUT2D eigenvalue weighted by atomic mass is 32.1. The number of hydrogen-bond donors (Lipinski definition) is 5. The van der Waals surface area contributed by atoms with Gasteiger partial charge in [0.05, 0.1) is 39.0 Å². The summed E-state index contributed by atoms with van der Waals surface area (Å²) >= 11 is 1.61. The number of nitrogens with two attached hydrogens (primary N) is 1. The number of benzene rings is 2. The highest BCUT2D eigenvalue weighted by Crippen LogP contribution is 2.61. The van der Waals surface area contributed by atoms with E-state index in [9.17, 15) is 24.6 Å². The van der Waals surface area contributed by atoms with Gasteiger partial charge in [-0.1, -0.05) is 68.8 Å². The number of phenolic OH excluding ortho intramolecular Hbond substituents is 1. The van der Waals surface area contributed by atoms with E-state index in [2.05, 4.69) is 73.5 Å². The molecule has 15 nitrogen and oxygen atoms in total. The number of aromatic hydroxyl groups is 1. The van der Waals surface area contributed by atoms with Crippen LogP contribution in [0.15, 0.2) is 84.2 Å². The topological polar surface area (TPSA) is 213 Å². The molecule has 0 bridgehead atoms. The van der Waals surface area contributed by atoms with E-state index in [1.54, 1.807) is 23.5 Å². The summed E-state index contributed by atoms with van der Waals surface area (Å²) in [5.74, 6) is 2.23. The zero-order valence-electron chi connectivity index (χ0n) is 46.4. The summed E-state index contributed by atoms with van der Waals surface area (Å²) in [6, 6.07) is 17.0. The van der Waals surface area contributed by atoms with Crippen LogP contribution in [-0.2, 0) is 31.9 Å². The Hall–Kier alpha value is -6.10. The van der Waals surface area contributed by atoms with Crippen LogP contribution in [0.25, 0.3) is 21.7 Å². The lowest BCUT2D eigenvalue weighted by atomic mass is 9.63. The number of aromatic nitrogens is 5. The molecule has 5 aromatic rings. The van der Waals surface area contributed by atoms with Gasteiger partial charge < -0.3 is 31.5 Å². The van der Waals surface area contributed by atoms with Gasteiger partial charge in [-0.25, -0.2) is 15.0 Å². The van der Waals surface area contributed by atoms with Crippen molar-refractivity contribution in [2.45, 2.75) is 191 Å². The first kappa shape index (κ1) is 53.5. The monoisotopic (exact) mass is 1090 g/mol. The number of aliphatic hydroxyl groups excluding tert-OH is 1. The van der Waals surface area contributed by atoms with Gasteiger partial charge in [0.1, 0.15) is 29.5 Å². The average Bonchev–Trinajstić information content (AvgIpc) is 3.14. The highest BCUT2D eigenvalue weighted by molar-refractivity contribution is 7.13. The number of carbonyl (C=O) groups excluding carboxylic acids is 3. The number of phenols is 1. The lowest BCUT2D eigenvalue weighted by Crippen LogP contribution is -2.76. The lowest BCUT2D eigenvalue weighted by molar-refractivity contribution is -0.209. The van der Waals surface area contributed by atoms with Crippen LogP contribution in [0.3, 0.4) is 0 Å². The molecule has 2 aromatic carbocycles. The lowest BCUT2D eigenvalue weighted by Gasteiger charge is -2.69. The Bertz CT molecular complexity index is 3110. The summed E-state index contributed by atoms with van der Waals surface area (Å²) in [6.45, 7) is 7.91. The number of β-amino-alcohol motifs (C(OH)–C–C–N with tert-alkyl or cyclic N) is 1. The number of carbonyl (C=O) groups is 3. The van der Waals surface area contributed by atoms with E-state index in [4.69, 9.17) is 15.7 Å². The molecule has 0 radical (unpaired) electrons. The molecule has 79 heavy (non-hydrogen) atoms. The normalized spacial score (nSPS) is 28.7. The minimum atomic E-state index is -0.851. The first-order chi connectivity index (χ1) is 38.1. The largest absolute Gasteiger partial charge is 0.507 e. The molecule has 16 heteroatoms. The van der Waals surface area contributed by atoms with Gasteiger partial charge in [0.25, 0.3) is 0 Å². The molecule has 4 saturated heterocycles. The Morgan fingerprint density at radius 1 is 0.873 bits per heavy atom. The Labute approximate surface area is 468 Å². The number of anilines is 1. The molecule has 6 fully saturated rings. The number of aliphatic hydroxyl groups is 1. The van der Waals surface area contributed by atoms with Crippen LogP contribution in [0.2, 0.25) is 0 Å². The van der Waals surface area contributed by atoms with Crippen molar-refractivity contribution in [1.82, 2.24) is 45.6 Å². The van der Waals surface area contributed by atoms with Crippen LogP contribution < -0.4 is 16.4 Å². The third-order valence-electron chi connectivity index (χ3n) is 19.6. The Morgan fingerprint density at radius 2 is 1.63 bits per heavy atom. The number of amides is 3. The first-order valence-corrected chi connectivity index (χ1v) is 30.3. The van der Waals surface area contributed by atoms with E-state index in [0.717, 1.165) is 123 Å². The van der Waals surface area contributed by atoms with Gasteiger partial charge in [0, 0.05) is 48.9 Å². The number of nitrogens with zero attached hydrogens (tertiary/aromatic N) is 7. The summed E-state index contributed by atoms with van der Waals surface area (Å²) in [4.78, 5) is 62.9. The highest BCUT2D eigenvalue weighted by Gasteiger charge is 2.66. The molecule has 3 amide bonds. The molecule has 3 aliphatic carbocycles. The molecule has 3 aromatic heterocycles. The van der Waals surface area contributed by atoms with Crippen molar-refractivity contribution < 1.29 is 24.6 Å². The molecular formula is C63H78N10O5S. The number of nitrogens with one attached hydrogen (secondary N) is 2. The van der Waals surface area contributed by atoms with Crippen molar-refractivity contribution >= 4 is 34.9 Å². The molecular weight excluding hydrogens is 1010 g/mol. The smallest absolute Gasteiger partial charge is 0.246 e. The molecule has 4 aliphatic heterocycles. The Kier molecular flexibility index (Phi) is 14.5. The summed E-state index contributed by atoms with van der Waals surface area (Å²) in [6.07, 6.45) is 23.0. The van der Waals surface area contributed by atoms with Crippen molar-refractivity contribution in [3.05, 3.63) is 112 Å². The number of rotatable bonds is 14. The van der Waals surface area contributed by atoms with Gasteiger partial charge in [0.2, 0.25) is 17.7 Å². The fourth-order valence-electron chi connectivity index (χ4n) is 14.9. The maximum atomic E-state index is 14.6. The molecule has 6 N–H and O–H groups in total. The van der Waals surface area contributed by atoms with Crippen molar-refractivity contribution in [3.63, 3.8) is 0 Å². The van der Waals surface area contributed by atoms with Crippen LogP contribution in [0.4, 0.5) is 5.82 Å². The molecule has 416 valence electrons. The summed E-state index contributed by atoms with van der Waals surface area (Å²) in [5.41, 5.74) is 15.2. The number of para-hydroxylation sites is 1. The minimum absolute atomic E-state index is 0.0262. The van der Waals surface area contributed by atoms with E-state index in [1.807, 2.05) is 51.4 Å². The Balaban J connectivity index is 0.606. The molecule has 0 spiro atoms. The van der Waals surface area contributed by atoms with E-state index in [-0.39, 0.29) is 47.9 Å². The number of aryl methyl sites for hydroxylation is 2. The number of nitrogen functional groups attached to an aromatic ring is 1. The summed E-state index contributed by atoms with van der Waals surface area (Å²) in [7, 11) is 0. The average molecular weight is 1090 g/mol. The van der Waals surface area contributed by atoms with Crippen LogP contribution in [-0.4, -0.2) is 99.7 Å². The number of likely N-dealkylation sites (tertiary alicyclic amines) is 1. The zero-order chi connectivity index (χ0) is 54.8. The van der Waals surface area contributed by atoms with Gasteiger partial charge in [-0.2, -0.15) is 0 Å². The fraction of sp³-hybridized carbons (Fsp3) is 0.556. The van der Waals surface area contributed by atoms with Gasteiger partial charge in [-0.15, -0.1) is 21.5 Å². The van der Waals surface area contributed by atoms with Gasteiger partial charge >= 0.3 is 0 Å². The van der Waals surface area contributed by atoms with Gasteiger partial charge in [-0.3, -0.25) is 19.3 Å². The maximum absolute atomic E-state index is 14.6. The van der Waals surface area contributed by atoms with E-state index < -0.39 is 29.1 Å². The first-order valence-electron chi connectivity index (χ1n) is 29.4. The second-order valence-corrected chi connectivity index (χ2v) is 26.5. The van der Waals surface area contributed by atoms with E-state index in [1.165, 1.54) is 35.3 Å². The van der Waals surface area contributed by atoms with Crippen molar-refractivity contribution in [2.75, 3.05) is 12.3 Å². The number of thiazole rings is 1.